The van der Waals surface area contributed by atoms with E-state index in [4.69, 9.17) is 5.11 Å². The Morgan fingerprint density at radius 2 is 2.05 bits per heavy atom. The van der Waals surface area contributed by atoms with Crippen LogP contribution in [-0.2, 0) is 17.9 Å². The van der Waals surface area contributed by atoms with Crippen LogP contribution < -0.4 is 5.32 Å². The van der Waals surface area contributed by atoms with E-state index in [-0.39, 0.29) is 5.91 Å². The number of hydrogen-bond donors (Lipinski definition) is 2. The molecule has 0 radical (unpaired) electrons. The van der Waals surface area contributed by atoms with Gasteiger partial charge in [0.15, 0.2) is 0 Å². The number of fused-ring (bicyclic) bond motifs is 1. The second-order valence-electron chi connectivity index (χ2n) is 4.77. The maximum atomic E-state index is 12.3. The molecule has 0 spiro atoms. The third-order valence-corrected chi connectivity index (χ3v) is 3.54. The zero-order chi connectivity index (χ0) is 14.0. The number of carboxylic acid groups (broad SMARTS) is 1. The average molecular weight is 262 g/mol. The lowest BCUT2D eigenvalue weighted by molar-refractivity contribution is -0.142. The minimum Gasteiger partial charge on any atom is -0.480 e. The van der Waals surface area contributed by atoms with Gasteiger partial charge in [0, 0.05) is 25.7 Å². The zero-order valence-corrected chi connectivity index (χ0v) is 11.1. The minimum absolute atomic E-state index is 0.246. The molecule has 1 aromatic rings. The third-order valence-electron chi connectivity index (χ3n) is 3.54. The number of likely N-dealkylation sites (N-methyl/N-ethyl adjacent to an activating group) is 1. The van der Waals surface area contributed by atoms with Crippen molar-refractivity contribution in [3.8, 4) is 0 Å². The molecule has 0 bridgehead atoms. The number of aliphatic carboxylic acids is 1. The summed E-state index contributed by atoms with van der Waals surface area (Å²) in [5.74, 6) is -1.22. The Morgan fingerprint density at radius 3 is 2.68 bits per heavy atom. The van der Waals surface area contributed by atoms with Crippen molar-refractivity contribution in [2.45, 2.75) is 32.5 Å². The molecule has 1 unspecified atom stereocenters. The molecule has 2 rings (SSSR count). The number of amides is 1. The first-order valence-electron chi connectivity index (χ1n) is 6.37. The van der Waals surface area contributed by atoms with E-state index in [0.29, 0.717) is 12.0 Å². The van der Waals surface area contributed by atoms with Crippen LogP contribution in [0.4, 0.5) is 0 Å². The number of rotatable bonds is 4. The maximum Gasteiger partial charge on any atom is 0.326 e. The predicted molar refractivity (Wildman–Crippen MR) is 70.8 cm³/mol. The number of carboxylic acids is 1. The van der Waals surface area contributed by atoms with Crippen LogP contribution in [0.3, 0.4) is 0 Å². The second kappa shape index (κ2) is 5.40. The van der Waals surface area contributed by atoms with Crippen LogP contribution in [0.1, 0.15) is 34.8 Å². The Morgan fingerprint density at radius 1 is 1.37 bits per heavy atom. The number of nitrogens with zero attached hydrogens (tertiary/aromatic N) is 1. The molecule has 102 valence electrons. The van der Waals surface area contributed by atoms with E-state index in [2.05, 4.69) is 5.32 Å². The first-order valence-corrected chi connectivity index (χ1v) is 6.37. The van der Waals surface area contributed by atoms with Crippen LogP contribution in [0.5, 0.6) is 0 Å². The molecule has 1 aromatic carbocycles. The van der Waals surface area contributed by atoms with Crippen molar-refractivity contribution in [3.05, 3.63) is 34.9 Å². The van der Waals surface area contributed by atoms with E-state index in [9.17, 15) is 9.59 Å². The highest BCUT2D eigenvalue weighted by molar-refractivity contribution is 5.96. The van der Waals surface area contributed by atoms with E-state index in [1.807, 2.05) is 12.1 Å². The lowest BCUT2D eigenvalue weighted by Gasteiger charge is -2.24. The van der Waals surface area contributed by atoms with Crippen LogP contribution in [0.25, 0.3) is 0 Å². The van der Waals surface area contributed by atoms with Crippen LogP contribution in [0.15, 0.2) is 18.2 Å². The first-order chi connectivity index (χ1) is 9.04. The molecule has 1 aliphatic rings. The van der Waals surface area contributed by atoms with Crippen molar-refractivity contribution < 1.29 is 14.7 Å². The molecule has 0 saturated carbocycles. The Labute approximate surface area is 112 Å². The largest absolute Gasteiger partial charge is 0.480 e. The van der Waals surface area contributed by atoms with E-state index in [0.717, 1.165) is 18.7 Å². The summed E-state index contributed by atoms with van der Waals surface area (Å²) in [5, 5.41) is 12.3. The van der Waals surface area contributed by atoms with Crippen molar-refractivity contribution in [1.82, 2.24) is 10.2 Å². The first kappa shape index (κ1) is 13.5. The van der Waals surface area contributed by atoms with Crippen molar-refractivity contribution >= 4 is 11.9 Å². The summed E-state index contributed by atoms with van der Waals surface area (Å²) in [6.07, 6.45) is 0.393. The molecule has 1 atom stereocenters. The number of carbonyl (C=O) groups is 2. The number of benzene rings is 1. The normalized spacial score (nSPS) is 14.8. The van der Waals surface area contributed by atoms with Gasteiger partial charge in [-0.05, 0) is 29.7 Å². The number of nitrogens with one attached hydrogen (secondary N) is 1. The SMILES string of the molecule is CCC(C(=O)O)N(C)C(=O)c1ccc2c(c1)CNC2. The van der Waals surface area contributed by atoms with Crippen LogP contribution in [0, 0.1) is 0 Å². The zero-order valence-electron chi connectivity index (χ0n) is 11.1. The smallest absolute Gasteiger partial charge is 0.326 e. The lowest BCUT2D eigenvalue weighted by Crippen LogP contribution is -2.42. The fraction of sp³-hybridized carbons (Fsp3) is 0.429. The summed E-state index contributed by atoms with van der Waals surface area (Å²) >= 11 is 0. The van der Waals surface area contributed by atoms with Crippen molar-refractivity contribution in [2.24, 2.45) is 0 Å². The van der Waals surface area contributed by atoms with Crippen LogP contribution >= 0.6 is 0 Å². The van der Waals surface area contributed by atoms with E-state index >= 15 is 0 Å². The fourth-order valence-corrected chi connectivity index (χ4v) is 2.39. The molecule has 0 aliphatic carbocycles. The van der Waals surface area contributed by atoms with Gasteiger partial charge in [0.05, 0.1) is 0 Å². The number of carbonyl (C=O) groups excluding carboxylic acids is 1. The van der Waals surface area contributed by atoms with Gasteiger partial charge < -0.3 is 15.3 Å². The lowest BCUT2D eigenvalue weighted by atomic mass is 10.0. The van der Waals surface area contributed by atoms with E-state index in [1.165, 1.54) is 17.5 Å². The third kappa shape index (κ3) is 2.61. The van der Waals surface area contributed by atoms with Crippen molar-refractivity contribution in [3.63, 3.8) is 0 Å². The molecule has 5 heteroatoms. The Balaban J connectivity index is 2.21. The molecule has 2 N–H and O–H groups in total. The maximum absolute atomic E-state index is 12.3. The van der Waals surface area contributed by atoms with Gasteiger partial charge in [-0.1, -0.05) is 13.0 Å². The van der Waals surface area contributed by atoms with Gasteiger partial charge in [-0.3, -0.25) is 4.79 Å². The fourth-order valence-electron chi connectivity index (χ4n) is 2.39. The van der Waals surface area contributed by atoms with Crippen molar-refractivity contribution in [1.29, 1.82) is 0 Å². The molecular formula is C14H18N2O3. The standard InChI is InChI=1S/C14H18N2O3/c1-3-12(14(18)19)16(2)13(17)9-4-5-10-7-15-8-11(10)6-9/h4-6,12,15H,3,7-8H2,1-2H3,(H,18,19). The molecule has 1 aliphatic heterocycles. The van der Waals surface area contributed by atoms with Gasteiger partial charge in [-0.15, -0.1) is 0 Å². The highest BCUT2D eigenvalue weighted by atomic mass is 16.4. The predicted octanol–water partition coefficient (Wildman–Crippen LogP) is 1.23. The Kier molecular flexibility index (Phi) is 3.85. The molecule has 1 heterocycles. The van der Waals surface area contributed by atoms with Gasteiger partial charge in [0.25, 0.3) is 5.91 Å². The molecule has 0 saturated heterocycles. The highest BCUT2D eigenvalue weighted by Gasteiger charge is 2.26. The van der Waals surface area contributed by atoms with Crippen LogP contribution in [0.2, 0.25) is 0 Å². The monoisotopic (exact) mass is 262 g/mol. The average Bonchev–Trinajstić information content (AvgIpc) is 2.85. The second-order valence-corrected chi connectivity index (χ2v) is 4.77. The Bertz CT molecular complexity index is 513. The summed E-state index contributed by atoms with van der Waals surface area (Å²) in [6.45, 7) is 3.35. The molecule has 1 amide bonds. The molecule has 0 aromatic heterocycles. The van der Waals surface area contributed by atoms with Gasteiger partial charge in [-0.25, -0.2) is 4.79 Å². The van der Waals surface area contributed by atoms with Gasteiger partial charge in [0.2, 0.25) is 0 Å². The summed E-state index contributed by atoms with van der Waals surface area (Å²) in [6, 6.07) is 4.76. The topological polar surface area (TPSA) is 69.6 Å². The summed E-state index contributed by atoms with van der Waals surface area (Å²) < 4.78 is 0. The molecule has 5 nitrogen and oxygen atoms in total. The van der Waals surface area contributed by atoms with E-state index in [1.54, 1.807) is 13.0 Å². The summed E-state index contributed by atoms with van der Waals surface area (Å²) in [7, 11) is 1.54. The quantitative estimate of drug-likeness (QED) is 0.856. The molecule has 19 heavy (non-hydrogen) atoms. The summed E-state index contributed by atoms with van der Waals surface area (Å²) in [5.41, 5.74) is 2.86. The summed E-state index contributed by atoms with van der Waals surface area (Å²) in [4.78, 5) is 24.7. The molecular weight excluding hydrogens is 244 g/mol. The highest BCUT2D eigenvalue weighted by Crippen LogP contribution is 2.18. The van der Waals surface area contributed by atoms with Gasteiger partial charge in [-0.2, -0.15) is 0 Å². The number of hydrogen-bond acceptors (Lipinski definition) is 3. The van der Waals surface area contributed by atoms with Gasteiger partial charge in [0.1, 0.15) is 6.04 Å². The minimum atomic E-state index is -0.971. The molecule has 0 fully saturated rings. The van der Waals surface area contributed by atoms with E-state index < -0.39 is 12.0 Å². The van der Waals surface area contributed by atoms with Gasteiger partial charge >= 0.3 is 5.97 Å². The Hall–Kier alpha value is -1.88. The van der Waals surface area contributed by atoms with Crippen LogP contribution in [-0.4, -0.2) is 35.0 Å². The van der Waals surface area contributed by atoms with Crippen molar-refractivity contribution in [2.75, 3.05) is 7.05 Å².